The van der Waals surface area contributed by atoms with Gasteiger partial charge in [0.2, 0.25) is 23.6 Å². The number of carboxylic acid groups (broad SMARTS) is 2. The largest absolute Gasteiger partial charge is 0.481 e. The predicted molar refractivity (Wildman–Crippen MR) is 260 cm³/mol. The first-order valence-electron chi connectivity index (χ1n) is 25.1. The SMILES string of the molecule is O=C(O)CCCCCNC(=O)CN(CC(=O)NCCCCCC(=O)O)C(=O)OCCOCCOCCOC(=O)N(CCNC(=O)CCCCCN1C(=O)C=CC1=O)CCNC(=O)CCCCCN1C(=O)C=CC1=O. The number of nitrogens with one attached hydrogen (secondary N) is 4. The number of carbonyl (C=O) groups excluding carboxylic acids is 10. The van der Waals surface area contributed by atoms with E-state index in [1.54, 1.807) is 0 Å². The van der Waals surface area contributed by atoms with Crippen LogP contribution in [0.2, 0.25) is 0 Å². The molecule has 74 heavy (non-hydrogen) atoms. The van der Waals surface area contributed by atoms with E-state index in [9.17, 15) is 57.5 Å². The van der Waals surface area contributed by atoms with Crippen LogP contribution in [0.25, 0.3) is 0 Å². The molecule has 0 unspecified atom stereocenters. The summed E-state index contributed by atoms with van der Waals surface area (Å²) in [6.45, 7) is 0.00583. The van der Waals surface area contributed by atoms with Gasteiger partial charge in [-0.2, -0.15) is 0 Å². The minimum absolute atomic E-state index is 0.00952. The highest BCUT2D eigenvalue weighted by molar-refractivity contribution is 6.13. The summed E-state index contributed by atoms with van der Waals surface area (Å²) in [5.41, 5.74) is 0. The lowest BCUT2D eigenvalue weighted by Gasteiger charge is -2.22. The maximum absolute atomic E-state index is 13.1. The average molecular weight is 1050 g/mol. The van der Waals surface area contributed by atoms with Crippen LogP contribution >= 0.6 is 0 Å². The summed E-state index contributed by atoms with van der Waals surface area (Å²) in [5, 5.41) is 28.3. The number of aliphatic carboxylic acids is 2. The zero-order valence-electron chi connectivity index (χ0n) is 42.2. The fourth-order valence-electron chi connectivity index (χ4n) is 7.03. The molecule has 0 spiro atoms. The van der Waals surface area contributed by atoms with E-state index in [0.29, 0.717) is 77.0 Å². The van der Waals surface area contributed by atoms with E-state index < -0.39 is 49.0 Å². The molecule has 6 N–H and O–H groups in total. The topological polar surface area (TPSA) is 343 Å². The van der Waals surface area contributed by atoms with Crippen molar-refractivity contribution >= 4 is 71.4 Å². The molecule has 2 rings (SSSR count). The van der Waals surface area contributed by atoms with Crippen molar-refractivity contribution in [2.24, 2.45) is 0 Å². The monoisotopic (exact) mass is 1050 g/mol. The number of unbranched alkanes of at least 4 members (excludes halogenated alkanes) is 8. The van der Waals surface area contributed by atoms with Crippen LogP contribution in [-0.4, -0.2) is 206 Å². The molecule has 414 valence electrons. The van der Waals surface area contributed by atoms with Gasteiger partial charge in [-0.1, -0.05) is 25.7 Å². The molecule has 2 aliphatic rings. The molecule has 26 heteroatoms. The van der Waals surface area contributed by atoms with E-state index in [4.69, 9.17) is 29.2 Å². The summed E-state index contributed by atoms with van der Waals surface area (Å²) < 4.78 is 21.6. The molecule has 10 amide bonds. The van der Waals surface area contributed by atoms with Gasteiger partial charge in [0.1, 0.15) is 26.3 Å². The predicted octanol–water partition coefficient (Wildman–Crippen LogP) is 0.622. The molecule has 0 radical (unpaired) electrons. The second-order valence-corrected chi connectivity index (χ2v) is 17.0. The molecule has 0 aromatic heterocycles. The minimum atomic E-state index is -0.950. The summed E-state index contributed by atoms with van der Waals surface area (Å²) in [6.07, 6.45) is 10.00. The fraction of sp³-hybridized carbons (Fsp3) is 0.667. The lowest BCUT2D eigenvalue weighted by molar-refractivity contribution is -0.138. The molecule has 0 saturated carbocycles. The Balaban J connectivity index is 1.73. The number of hydrogen-bond acceptors (Lipinski definition) is 16. The van der Waals surface area contributed by atoms with Crippen LogP contribution in [0.1, 0.15) is 103 Å². The van der Waals surface area contributed by atoms with Crippen LogP contribution in [0, 0.1) is 0 Å². The summed E-state index contributed by atoms with van der Waals surface area (Å²) in [6, 6.07) is 0. The summed E-state index contributed by atoms with van der Waals surface area (Å²) in [5.74, 6) is -4.89. The lowest BCUT2D eigenvalue weighted by Crippen LogP contribution is -2.46. The summed E-state index contributed by atoms with van der Waals surface area (Å²) >= 11 is 0. The van der Waals surface area contributed by atoms with Gasteiger partial charge in [0.25, 0.3) is 23.6 Å². The average Bonchev–Trinajstić information content (AvgIpc) is 3.85. The maximum Gasteiger partial charge on any atom is 0.410 e. The van der Waals surface area contributed by atoms with Crippen LogP contribution in [0.5, 0.6) is 0 Å². The molecule has 0 aromatic rings. The van der Waals surface area contributed by atoms with E-state index in [-0.39, 0.29) is 153 Å². The van der Waals surface area contributed by atoms with Crippen molar-refractivity contribution in [1.29, 1.82) is 0 Å². The van der Waals surface area contributed by atoms with Crippen LogP contribution in [0.15, 0.2) is 24.3 Å². The smallest absolute Gasteiger partial charge is 0.410 e. The molecule has 0 aliphatic carbocycles. The third-order valence-corrected chi connectivity index (χ3v) is 11.0. The zero-order chi connectivity index (χ0) is 54.4. The van der Waals surface area contributed by atoms with Gasteiger partial charge in [-0.05, 0) is 51.4 Å². The van der Waals surface area contributed by atoms with Crippen LogP contribution in [0.3, 0.4) is 0 Å². The Morgan fingerprint density at radius 1 is 0.405 bits per heavy atom. The maximum atomic E-state index is 13.1. The Hall–Kier alpha value is -6.96. The van der Waals surface area contributed by atoms with Gasteiger partial charge in [0.15, 0.2) is 0 Å². The van der Waals surface area contributed by atoms with Crippen LogP contribution < -0.4 is 21.3 Å². The van der Waals surface area contributed by atoms with Crippen molar-refractivity contribution < 1.29 is 86.7 Å². The minimum Gasteiger partial charge on any atom is -0.481 e. The molecule has 0 saturated heterocycles. The first-order valence-corrected chi connectivity index (χ1v) is 25.1. The van der Waals surface area contributed by atoms with Gasteiger partial charge in [0.05, 0.1) is 26.4 Å². The van der Waals surface area contributed by atoms with Gasteiger partial charge >= 0.3 is 24.1 Å². The third-order valence-electron chi connectivity index (χ3n) is 11.0. The van der Waals surface area contributed by atoms with E-state index in [2.05, 4.69) is 21.3 Å². The van der Waals surface area contributed by atoms with E-state index >= 15 is 0 Å². The summed E-state index contributed by atoms with van der Waals surface area (Å²) in [7, 11) is 0. The van der Waals surface area contributed by atoms with E-state index in [1.807, 2.05) is 0 Å². The van der Waals surface area contributed by atoms with Crippen molar-refractivity contribution in [2.45, 2.75) is 103 Å². The quantitative estimate of drug-likeness (QED) is 0.0360. The number of imide groups is 2. The van der Waals surface area contributed by atoms with Crippen LogP contribution in [0.4, 0.5) is 9.59 Å². The second-order valence-electron chi connectivity index (χ2n) is 17.0. The number of carbonyl (C=O) groups is 12. The van der Waals surface area contributed by atoms with Crippen molar-refractivity contribution in [3.8, 4) is 0 Å². The molecule has 0 atom stereocenters. The second kappa shape index (κ2) is 38.6. The van der Waals surface area contributed by atoms with E-state index in [1.165, 1.54) is 29.2 Å². The van der Waals surface area contributed by atoms with Gasteiger partial charge in [-0.3, -0.25) is 62.6 Å². The third kappa shape index (κ3) is 30.2. The highest BCUT2D eigenvalue weighted by Crippen LogP contribution is 2.10. The van der Waals surface area contributed by atoms with Gasteiger partial charge in [0, 0.05) is 102 Å². The zero-order valence-corrected chi connectivity index (χ0v) is 42.2. The molecule has 0 fully saturated rings. The molecule has 2 heterocycles. The van der Waals surface area contributed by atoms with Gasteiger partial charge in [-0.25, -0.2) is 9.59 Å². The fourth-order valence-corrected chi connectivity index (χ4v) is 7.03. The van der Waals surface area contributed by atoms with Crippen molar-refractivity contribution in [3.63, 3.8) is 0 Å². The molecule has 26 nitrogen and oxygen atoms in total. The highest BCUT2D eigenvalue weighted by Gasteiger charge is 2.25. The number of amides is 10. The molecular formula is C48H74N8O18. The lowest BCUT2D eigenvalue weighted by atomic mass is 10.2. The Kier molecular flexibility index (Phi) is 33.0. The van der Waals surface area contributed by atoms with Crippen molar-refractivity contribution in [2.75, 3.05) is 105 Å². The standard InChI is InChI=1S/C48H74N8O18/c57-37(13-5-3-11-25-55-41(61)17-18-42(55)62)51-23-27-53(28-24-52-38(58)14-6-4-12-26-56-43(63)19-20-44(56)64)47(69)73-33-31-71-29-30-72-32-34-74-48(70)54(35-39(59)49-21-9-1-7-15-45(65)66)36-40(60)50-22-10-2-8-16-46(67)68/h17-20H,1-16,21-36H2,(H,49,59)(H,50,60)(H,51,57)(H,52,58)(H,65,66)(H,67,68). The normalized spacial score (nSPS) is 12.8. The van der Waals surface area contributed by atoms with Crippen LogP contribution in [-0.2, 0) is 66.9 Å². The van der Waals surface area contributed by atoms with E-state index in [0.717, 1.165) is 14.7 Å². The number of hydrogen-bond donors (Lipinski definition) is 6. The van der Waals surface area contributed by atoms with Gasteiger partial charge < -0.3 is 55.3 Å². The molecule has 2 aliphatic heterocycles. The number of nitrogens with zero attached hydrogens (tertiary/aromatic N) is 4. The Bertz CT molecular complexity index is 1780. The Morgan fingerprint density at radius 2 is 0.743 bits per heavy atom. The molecule has 0 bridgehead atoms. The number of carboxylic acids is 2. The molecular weight excluding hydrogens is 977 g/mol. The number of rotatable bonds is 43. The Morgan fingerprint density at radius 3 is 1.14 bits per heavy atom. The van der Waals surface area contributed by atoms with Gasteiger partial charge in [-0.15, -0.1) is 0 Å². The molecule has 0 aromatic carbocycles. The summed E-state index contributed by atoms with van der Waals surface area (Å²) in [4.78, 5) is 149. The Labute approximate surface area is 430 Å². The first kappa shape index (κ1) is 63.2. The number of ether oxygens (including phenoxy) is 4. The van der Waals surface area contributed by atoms with Crippen molar-refractivity contribution in [1.82, 2.24) is 40.9 Å². The van der Waals surface area contributed by atoms with Crippen molar-refractivity contribution in [3.05, 3.63) is 24.3 Å². The highest BCUT2D eigenvalue weighted by atomic mass is 16.6. The first-order chi connectivity index (χ1) is 35.6.